The number of hydrogen-bond acceptors (Lipinski definition) is 5. The number of amides is 3. The van der Waals surface area contributed by atoms with Crippen molar-refractivity contribution in [1.29, 1.82) is 0 Å². The molecule has 160 valence electrons. The Morgan fingerprint density at radius 3 is 2.10 bits per heavy atom. The Bertz CT molecular complexity index is 970. The number of nitrogens with zero attached hydrogens (tertiary/aromatic N) is 1. The number of imide groups is 1. The van der Waals surface area contributed by atoms with Crippen LogP contribution in [0.3, 0.4) is 0 Å². The lowest BCUT2D eigenvalue weighted by Gasteiger charge is -2.38. The molecule has 8 nitrogen and oxygen atoms in total. The number of rotatable bonds is 7. The van der Waals surface area contributed by atoms with Gasteiger partial charge < -0.3 is 5.32 Å². The summed E-state index contributed by atoms with van der Waals surface area (Å²) in [4.78, 5) is 39.0. The molecule has 0 aromatic heterocycles. The molecule has 30 heavy (non-hydrogen) atoms. The first-order valence-electron chi connectivity index (χ1n) is 10.2. The van der Waals surface area contributed by atoms with Gasteiger partial charge in [0.25, 0.3) is 0 Å². The number of nitrogens with one attached hydrogen (secondary N) is 1. The summed E-state index contributed by atoms with van der Waals surface area (Å²) in [6.45, 7) is 0.480. The monoisotopic (exact) mass is 431 g/mol. The third-order valence-electron chi connectivity index (χ3n) is 6.40. The van der Waals surface area contributed by atoms with E-state index in [0.717, 1.165) is 18.4 Å². The summed E-state index contributed by atoms with van der Waals surface area (Å²) in [6.07, 6.45) is 6.65. The molecule has 3 aliphatic carbocycles. The first-order valence-corrected chi connectivity index (χ1v) is 11.7. The summed E-state index contributed by atoms with van der Waals surface area (Å²) in [5.41, 5.74) is 0.861. The summed E-state index contributed by atoms with van der Waals surface area (Å²) < 4.78 is 22.5. The van der Waals surface area contributed by atoms with Crippen molar-refractivity contribution in [3.63, 3.8) is 0 Å². The number of nitrogens with two attached hydrogens (primary N) is 1. The number of fused-ring (bicyclic) bond motifs is 1. The maximum absolute atomic E-state index is 12.7. The molecule has 0 spiro atoms. The SMILES string of the molecule is NS(=O)(=O)c1ccc(CCNC(=O)CCN2C(=O)[C@H]3[C@H](C2=O)[C@H]2C=C[C@H]3CC2)cc1. The minimum atomic E-state index is -3.72. The topological polar surface area (TPSA) is 127 Å². The molecule has 1 heterocycles. The molecule has 2 bridgehead atoms. The number of hydrogen-bond donors (Lipinski definition) is 2. The lowest BCUT2D eigenvalue weighted by molar-refractivity contribution is -0.140. The Morgan fingerprint density at radius 2 is 1.60 bits per heavy atom. The van der Waals surface area contributed by atoms with Gasteiger partial charge in [0.2, 0.25) is 27.7 Å². The molecule has 1 saturated heterocycles. The first-order chi connectivity index (χ1) is 14.3. The molecule has 2 fully saturated rings. The van der Waals surface area contributed by atoms with Crippen molar-refractivity contribution in [2.45, 2.75) is 30.6 Å². The van der Waals surface area contributed by atoms with Crippen LogP contribution in [0, 0.1) is 23.7 Å². The van der Waals surface area contributed by atoms with Crippen LogP contribution in [0.15, 0.2) is 41.3 Å². The number of primary sulfonamides is 1. The van der Waals surface area contributed by atoms with E-state index in [-0.39, 0.29) is 59.3 Å². The van der Waals surface area contributed by atoms with Crippen molar-refractivity contribution in [3.8, 4) is 0 Å². The van der Waals surface area contributed by atoms with Gasteiger partial charge in [-0.25, -0.2) is 13.6 Å². The highest BCUT2D eigenvalue weighted by atomic mass is 32.2. The van der Waals surface area contributed by atoms with Gasteiger partial charge in [-0.15, -0.1) is 0 Å². The van der Waals surface area contributed by atoms with E-state index in [1.165, 1.54) is 17.0 Å². The highest BCUT2D eigenvalue weighted by Crippen LogP contribution is 2.49. The standard InChI is InChI=1S/C21H25N3O5S/c22-30(28,29)16-7-1-13(2-8-16)9-11-23-17(25)10-12-24-20(26)18-14-3-4-15(6-5-14)19(18)21(24)27/h1-4,7-8,14-15,18-19H,5-6,9-12H2,(H,23,25)(H2,22,28,29)/t14-,15-,18+,19+/m0/s1. The van der Waals surface area contributed by atoms with Crippen LogP contribution >= 0.6 is 0 Å². The molecule has 3 amide bonds. The molecule has 1 aromatic carbocycles. The second kappa shape index (κ2) is 7.96. The summed E-state index contributed by atoms with van der Waals surface area (Å²) in [6, 6.07) is 6.16. The van der Waals surface area contributed by atoms with E-state index >= 15 is 0 Å². The van der Waals surface area contributed by atoms with E-state index in [4.69, 9.17) is 5.14 Å². The van der Waals surface area contributed by atoms with Crippen molar-refractivity contribution in [2.24, 2.45) is 28.8 Å². The lowest BCUT2D eigenvalue weighted by atomic mass is 9.63. The Kier molecular flexibility index (Phi) is 5.50. The molecular formula is C21H25N3O5S. The van der Waals surface area contributed by atoms with Crippen LogP contribution in [-0.2, 0) is 30.8 Å². The number of likely N-dealkylation sites (tertiary alicyclic amines) is 1. The highest BCUT2D eigenvalue weighted by Gasteiger charge is 2.56. The van der Waals surface area contributed by atoms with Gasteiger partial charge in [-0.2, -0.15) is 0 Å². The van der Waals surface area contributed by atoms with Crippen LogP contribution in [-0.4, -0.2) is 44.1 Å². The van der Waals surface area contributed by atoms with E-state index in [1.54, 1.807) is 12.1 Å². The predicted octanol–water partition coefficient (Wildman–Crippen LogP) is 0.580. The van der Waals surface area contributed by atoms with Crippen LogP contribution in [0.5, 0.6) is 0 Å². The predicted molar refractivity (Wildman–Crippen MR) is 108 cm³/mol. The van der Waals surface area contributed by atoms with E-state index in [1.807, 2.05) is 0 Å². The Balaban J connectivity index is 1.25. The van der Waals surface area contributed by atoms with Crippen LogP contribution in [0.1, 0.15) is 24.8 Å². The van der Waals surface area contributed by atoms with Gasteiger partial charge >= 0.3 is 0 Å². The molecule has 9 heteroatoms. The maximum Gasteiger partial charge on any atom is 0.238 e. The molecule has 1 aromatic rings. The number of sulfonamides is 1. The number of carbonyl (C=O) groups is 3. The Labute approximate surface area is 175 Å². The van der Waals surface area contributed by atoms with Crippen LogP contribution in [0.25, 0.3) is 0 Å². The zero-order valence-electron chi connectivity index (χ0n) is 16.5. The lowest BCUT2D eigenvalue weighted by Crippen LogP contribution is -2.38. The summed E-state index contributed by atoms with van der Waals surface area (Å²) >= 11 is 0. The Morgan fingerprint density at radius 1 is 1.03 bits per heavy atom. The minimum Gasteiger partial charge on any atom is -0.356 e. The number of allylic oxidation sites excluding steroid dienone is 2. The largest absolute Gasteiger partial charge is 0.356 e. The summed E-state index contributed by atoms with van der Waals surface area (Å²) in [5, 5.41) is 7.85. The van der Waals surface area contributed by atoms with Crippen molar-refractivity contribution in [3.05, 3.63) is 42.0 Å². The number of carbonyl (C=O) groups excluding carboxylic acids is 3. The molecule has 0 unspecified atom stereocenters. The van der Waals surface area contributed by atoms with Crippen LogP contribution in [0.2, 0.25) is 0 Å². The Hall–Kier alpha value is -2.52. The second-order valence-electron chi connectivity index (χ2n) is 8.21. The van der Waals surface area contributed by atoms with E-state index in [2.05, 4.69) is 17.5 Å². The second-order valence-corrected chi connectivity index (χ2v) is 9.77. The maximum atomic E-state index is 12.7. The van der Waals surface area contributed by atoms with E-state index < -0.39 is 10.0 Å². The number of benzene rings is 1. The summed E-state index contributed by atoms with van der Waals surface area (Å²) in [7, 11) is -3.72. The van der Waals surface area contributed by atoms with Crippen molar-refractivity contribution < 1.29 is 22.8 Å². The average molecular weight is 432 g/mol. The molecule has 1 aliphatic heterocycles. The van der Waals surface area contributed by atoms with Gasteiger partial charge in [-0.05, 0) is 48.8 Å². The van der Waals surface area contributed by atoms with E-state index in [9.17, 15) is 22.8 Å². The van der Waals surface area contributed by atoms with Crippen molar-refractivity contribution >= 4 is 27.7 Å². The quantitative estimate of drug-likeness (QED) is 0.482. The molecular weight excluding hydrogens is 406 g/mol. The fourth-order valence-corrected chi connectivity index (χ4v) is 5.37. The fraction of sp³-hybridized carbons (Fsp3) is 0.476. The van der Waals surface area contributed by atoms with Gasteiger partial charge in [0.05, 0.1) is 16.7 Å². The highest BCUT2D eigenvalue weighted by molar-refractivity contribution is 7.89. The molecule has 4 atom stereocenters. The molecule has 5 rings (SSSR count). The zero-order chi connectivity index (χ0) is 21.5. The summed E-state index contributed by atoms with van der Waals surface area (Å²) in [5.74, 6) is -0.688. The van der Waals surface area contributed by atoms with Gasteiger partial charge in [0.1, 0.15) is 0 Å². The molecule has 4 aliphatic rings. The van der Waals surface area contributed by atoms with Crippen LogP contribution in [0.4, 0.5) is 0 Å². The zero-order valence-corrected chi connectivity index (χ0v) is 17.3. The third kappa shape index (κ3) is 3.91. The molecule has 0 radical (unpaired) electrons. The first kappa shape index (κ1) is 20.7. The van der Waals surface area contributed by atoms with Gasteiger partial charge in [-0.1, -0.05) is 24.3 Å². The van der Waals surface area contributed by atoms with Crippen molar-refractivity contribution in [1.82, 2.24) is 10.2 Å². The minimum absolute atomic E-state index is 0.0411. The smallest absolute Gasteiger partial charge is 0.238 e. The molecule has 1 saturated carbocycles. The van der Waals surface area contributed by atoms with Crippen molar-refractivity contribution in [2.75, 3.05) is 13.1 Å². The van der Waals surface area contributed by atoms with Crippen LogP contribution < -0.4 is 10.5 Å². The fourth-order valence-electron chi connectivity index (χ4n) is 4.85. The third-order valence-corrected chi connectivity index (χ3v) is 7.33. The van der Waals surface area contributed by atoms with E-state index in [0.29, 0.717) is 13.0 Å². The molecule has 3 N–H and O–H groups in total. The average Bonchev–Trinajstić information content (AvgIpc) is 2.99. The van der Waals surface area contributed by atoms with Gasteiger partial charge in [-0.3, -0.25) is 19.3 Å². The van der Waals surface area contributed by atoms with Gasteiger partial charge in [0.15, 0.2) is 0 Å². The normalized spacial score (nSPS) is 27.4. The van der Waals surface area contributed by atoms with Gasteiger partial charge in [0, 0.05) is 19.5 Å².